The number of hydrogen-bond donors (Lipinski definition) is 2. The predicted octanol–water partition coefficient (Wildman–Crippen LogP) is 2.44. The Morgan fingerprint density at radius 2 is 2.29 bits per heavy atom. The van der Waals surface area contributed by atoms with Gasteiger partial charge in [0, 0.05) is 29.7 Å². The Bertz CT molecular complexity index is 634. The van der Waals surface area contributed by atoms with Crippen molar-refractivity contribution < 1.29 is 4.79 Å². The van der Waals surface area contributed by atoms with Crippen molar-refractivity contribution in [2.75, 3.05) is 6.54 Å². The molecular formula is C17H23N3O. The summed E-state index contributed by atoms with van der Waals surface area (Å²) in [5.41, 5.74) is 8.41. The zero-order chi connectivity index (χ0) is 14.8. The van der Waals surface area contributed by atoms with E-state index in [9.17, 15) is 4.79 Å². The van der Waals surface area contributed by atoms with E-state index in [1.54, 1.807) is 0 Å². The summed E-state index contributed by atoms with van der Waals surface area (Å²) < 4.78 is 0. The molecule has 2 heterocycles. The molecule has 4 heteroatoms. The molecule has 1 amide bonds. The van der Waals surface area contributed by atoms with Crippen molar-refractivity contribution in [2.45, 2.75) is 44.7 Å². The number of hydrogen-bond acceptors (Lipinski definition) is 2. The van der Waals surface area contributed by atoms with Crippen molar-refractivity contribution in [1.82, 2.24) is 9.88 Å². The fraction of sp³-hybridized carbons (Fsp3) is 0.471. The number of carbonyl (C=O) groups excluding carboxylic acids is 1. The molecule has 0 radical (unpaired) electrons. The van der Waals surface area contributed by atoms with Gasteiger partial charge >= 0.3 is 0 Å². The largest absolute Gasteiger partial charge is 0.361 e. The first-order chi connectivity index (χ1) is 10.2. The van der Waals surface area contributed by atoms with Gasteiger partial charge in [-0.1, -0.05) is 25.1 Å². The molecule has 0 saturated carbocycles. The lowest BCUT2D eigenvalue weighted by Crippen LogP contribution is -2.46. The maximum absolute atomic E-state index is 12.6. The normalized spacial score (nSPS) is 20.1. The van der Waals surface area contributed by atoms with Gasteiger partial charge in [0.25, 0.3) is 0 Å². The Balaban J connectivity index is 1.74. The zero-order valence-electron chi connectivity index (χ0n) is 12.5. The van der Waals surface area contributed by atoms with E-state index >= 15 is 0 Å². The minimum absolute atomic E-state index is 0.102. The second-order valence-electron chi connectivity index (χ2n) is 5.91. The van der Waals surface area contributed by atoms with Crippen LogP contribution in [0.1, 0.15) is 31.7 Å². The van der Waals surface area contributed by atoms with E-state index in [4.69, 9.17) is 5.73 Å². The van der Waals surface area contributed by atoms with E-state index in [-0.39, 0.29) is 5.91 Å². The number of nitrogens with zero attached hydrogens (tertiary/aromatic N) is 1. The van der Waals surface area contributed by atoms with Crippen LogP contribution in [-0.4, -0.2) is 34.4 Å². The summed E-state index contributed by atoms with van der Waals surface area (Å²) in [6.45, 7) is 3.00. The van der Waals surface area contributed by atoms with Crippen LogP contribution in [0, 0.1) is 0 Å². The summed E-state index contributed by atoms with van der Waals surface area (Å²) in [6, 6.07) is 8.07. The second-order valence-corrected chi connectivity index (χ2v) is 5.91. The van der Waals surface area contributed by atoms with Gasteiger partial charge in [-0.3, -0.25) is 4.79 Å². The number of aromatic nitrogens is 1. The van der Waals surface area contributed by atoms with Gasteiger partial charge in [-0.05, 0) is 37.3 Å². The van der Waals surface area contributed by atoms with E-state index < -0.39 is 6.04 Å². The van der Waals surface area contributed by atoms with Crippen LogP contribution in [0.3, 0.4) is 0 Å². The Labute approximate surface area is 125 Å². The molecule has 0 spiro atoms. The Morgan fingerprint density at radius 1 is 1.48 bits per heavy atom. The minimum Gasteiger partial charge on any atom is -0.361 e. The number of amides is 1. The van der Waals surface area contributed by atoms with Crippen molar-refractivity contribution in [3.63, 3.8) is 0 Å². The van der Waals surface area contributed by atoms with Crippen LogP contribution in [0.25, 0.3) is 10.9 Å². The first kappa shape index (κ1) is 14.1. The highest BCUT2D eigenvalue weighted by molar-refractivity contribution is 5.86. The van der Waals surface area contributed by atoms with Gasteiger partial charge in [-0.15, -0.1) is 0 Å². The Morgan fingerprint density at radius 3 is 3.10 bits per heavy atom. The van der Waals surface area contributed by atoms with E-state index in [0.29, 0.717) is 12.5 Å². The Hall–Kier alpha value is -1.81. The summed E-state index contributed by atoms with van der Waals surface area (Å²) in [7, 11) is 0. The number of rotatable bonds is 4. The van der Waals surface area contributed by atoms with Crippen molar-refractivity contribution >= 4 is 16.8 Å². The van der Waals surface area contributed by atoms with Crippen LogP contribution < -0.4 is 5.73 Å². The van der Waals surface area contributed by atoms with Gasteiger partial charge in [0.2, 0.25) is 5.91 Å². The van der Waals surface area contributed by atoms with Gasteiger partial charge in [-0.2, -0.15) is 0 Å². The van der Waals surface area contributed by atoms with Gasteiger partial charge in [0.05, 0.1) is 6.04 Å². The standard InChI is InChI=1S/C17H23N3O/c1-2-13-6-5-9-20(13)17(21)15(18)10-12-11-19-16-8-4-3-7-14(12)16/h3-4,7-8,11,13,15,19H,2,5-6,9-10,18H2,1H3/t13?,15-/m1/s1. The summed E-state index contributed by atoms with van der Waals surface area (Å²) in [6.07, 6.45) is 5.80. The topological polar surface area (TPSA) is 62.1 Å². The maximum Gasteiger partial charge on any atom is 0.240 e. The zero-order valence-corrected chi connectivity index (χ0v) is 12.5. The molecule has 2 aromatic rings. The number of H-pyrrole nitrogens is 1. The lowest BCUT2D eigenvalue weighted by molar-refractivity contribution is -0.133. The third-order valence-electron chi connectivity index (χ3n) is 4.56. The van der Waals surface area contributed by atoms with Gasteiger partial charge < -0.3 is 15.6 Å². The summed E-state index contributed by atoms with van der Waals surface area (Å²) >= 11 is 0. The molecule has 0 bridgehead atoms. The van der Waals surface area contributed by atoms with Crippen molar-refractivity contribution in [1.29, 1.82) is 0 Å². The highest BCUT2D eigenvalue weighted by Gasteiger charge is 2.30. The van der Waals surface area contributed by atoms with Crippen LogP contribution in [0.4, 0.5) is 0 Å². The first-order valence-electron chi connectivity index (χ1n) is 7.81. The summed E-state index contributed by atoms with van der Waals surface area (Å²) in [4.78, 5) is 17.8. The maximum atomic E-state index is 12.6. The highest BCUT2D eigenvalue weighted by atomic mass is 16.2. The van der Waals surface area contributed by atoms with Crippen LogP contribution in [-0.2, 0) is 11.2 Å². The van der Waals surface area contributed by atoms with Crippen molar-refractivity contribution in [2.24, 2.45) is 5.73 Å². The predicted molar refractivity (Wildman–Crippen MR) is 85.0 cm³/mol. The summed E-state index contributed by atoms with van der Waals surface area (Å²) in [5.74, 6) is 0.102. The molecule has 3 rings (SSSR count). The van der Waals surface area contributed by atoms with Crippen LogP contribution >= 0.6 is 0 Å². The summed E-state index contributed by atoms with van der Waals surface area (Å²) in [5, 5.41) is 1.16. The third-order valence-corrected chi connectivity index (χ3v) is 4.56. The number of likely N-dealkylation sites (tertiary alicyclic amines) is 1. The van der Waals surface area contributed by atoms with E-state index in [0.717, 1.165) is 42.3 Å². The fourth-order valence-corrected chi connectivity index (χ4v) is 3.39. The van der Waals surface area contributed by atoms with E-state index in [1.807, 2.05) is 29.3 Å². The van der Waals surface area contributed by atoms with E-state index in [1.165, 1.54) is 0 Å². The number of nitrogens with one attached hydrogen (secondary N) is 1. The number of fused-ring (bicyclic) bond motifs is 1. The molecule has 0 aliphatic carbocycles. The molecule has 1 aliphatic heterocycles. The van der Waals surface area contributed by atoms with Crippen LogP contribution in [0.5, 0.6) is 0 Å². The molecule has 1 unspecified atom stereocenters. The molecule has 1 aliphatic rings. The quantitative estimate of drug-likeness (QED) is 0.906. The number of para-hydroxylation sites is 1. The third kappa shape index (κ3) is 2.68. The van der Waals surface area contributed by atoms with Gasteiger partial charge in [0.1, 0.15) is 0 Å². The molecule has 4 nitrogen and oxygen atoms in total. The van der Waals surface area contributed by atoms with Crippen LogP contribution in [0.2, 0.25) is 0 Å². The van der Waals surface area contributed by atoms with Crippen molar-refractivity contribution in [3.05, 3.63) is 36.0 Å². The van der Waals surface area contributed by atoms with Crippen LogP contribution in [0.15, 0.2) is 30.5 Å². The highest BCUT2D eigenvalue weighted by Crippen LogP contribution is 2.23. The number of aromatic amines is 1. The molecule has 2 atom stereocenters. The van der Waals surface area contributed by atoms with Crippen molar-refractivity contribution in [3.8, 4) is 0 Å². The molecule has 21 heavy (non-hydrogen) atoms. The molecular weight excluding hydrogens is 262 g/mol. The monoisotopic (exact) mass is 285 g/mol. The number of nitrogens with two attached hydrogens (primary N) is 1. The number of benzene rings is 1. The molecule has 1 aromatic carbocycles. The number of carbonyl (C=O) groups is 1. The average molecular weight is 285 g/mol. The molecule has 112 valence electrons. The first-order valence-corrected chi connectivity index (χ1v) is 7.81. The SMILES string of the molecule is CCC1CCCN1C(=O)[C@H](N)Cc1c[nH]c2ccccc12. The second kappa shape index (κ2) is 5.90. The molecule has 3 N–H and O–H groups in total. The molecule has 1 fully saturated rings. The molecule has 1 saturated heterocycles. The van der Waals surface area contributed by atoms with Gasteiger partial charge in [0.15, 0.2) is 0 Å². The lowest BCUT2D eigenvalue weighted by atomic mass is 10.0. The van der Waals surface area contributed by atoms with E-state index in [2.05, 4.69) is 18.0 Å². The molecule has 1 aromatic heterocycles. The Kier molecular flexibility index (Phi) is 3.97. The minimum atomic E-state index is -0.448. The smallest absolute Gasteiger partial charge is 0.240 e. The lowest BCUT2D eigenvalue weighted by Gasteiger charge is -2.26. The average Bonchev–Trinajstić information content (AvgIpc) is 3.13. The van der Waals surface area contributed by atoms with Gasteiger partial charge in [-0.25, -0.2) is 0 Å². The fourth-order valence-electron chi connectivity index (χ4n) is 3.39.